The minimum Gasteiger partial charge on any atom is -0.378 e. The van der Waals surface area contributed by atoms with Gasteiger partial charge in [0, 0.05) is 34.4 Å². The van der Waals surface area contributed by atoms with E-state index in [9.17, 15) is 26.3 Å². The Labute approximate surface area is 365 Å². The molecule has 0 aliphatic carbocycles. The number of hydrogen-bond donors (Lipinski definition) is 0. The Kier molecular flexibility index (Phi) is 20.7. The number of fused-ring (bicyclic) bond motifs is 2. The zero-order valence-electron chi connectivity index (χ0n) is 38.4. The molecule has 2 atom stereocenters. The van der Waals surface area contributed by atoms with Crippen molar-refractivity contribution < 1.29 is 40.6 Å². The first-order valence-electron chi connectivity index (χ1n) is 21.2. The second kappa shape index (κ2) is 24.8. The van der Waals surface area contributed by atoms with E-state index in [0.29, 0.717) is 44.9 Å². The zero-order chi connectivity index (χ0) is 46.3. The van der Waals surface area contributed by atoms with Crippen molar-refractivity contribution in [3.05, 3.63) is 164 Å². The quantitative estimate of drug-likeness (QED) is 0.142. The summed E-state index contributed by atoms with van der Waals surface area (Å²) < 4.78 is 93.8. The second-order valence-corrected chi connectivity index (χ2v) is 16.7. The van der Waals surface area contributed by atoms with Crippen LogP contribution in [0.5, 0.6) is 0 Å². The average molecular weight is 863 g/mol. The smallest absolute Gasteiger partial charge is 0.154 e. The molecule has 336 valence electrons. The summed E-state index contributed by atoms with van der Waals surface area (Å²) in [5.74, 6) is -0.736. The molecule has 0 bridgehead atoms. The second-order valence-electron chi connectivity index (χ2n) is 16.7. The topological polar surface area (TPSA) is 27.7 Å². The monoisotopic (exact) mass is 862 g/mol. The first kappa shape index (κ1) is 51.6. The molecular weight excluding hydrogens is 799 g/mol. The molecule has 9 heteroatoms. The maximum Gasteiger partial charge on any atom is 0.154 e. The lowest BCUT2D eigenvalue weighted by Gasteiger charge is -2.24. The Balaban J connectivity index is 0.000000201. The van der Waals surface area contributed by atoms with E-state index in [4.69, 9.17) is 14.2 Å². The van der Waals surface area contributed by atoms with Crippen molar-refractivity contribution >= 4 is 21.5 Å². The van der Waals surface area contributed by atoms with Gasteiger partial charge in [-0.2, -0.15) is 0 Å². The molecule has 62 heavy (non-hydrogen) atoms. The summed E-state index contributed by atoms with van der Waals surface area (Å²) in [7, 11) is 0. The van der Waals surface area contributed by atoms with Crippen LogP contribution in [0.25, 0.3) is 21.5 Å². The summed E-state index contributed by atoms with van der Waals surface area (Å²) in [6.45, 7) is 25.0. The fourth-order valence-corrected chi connectivity index (χ4v) is 6.25. The predicted octanol–water partition coefficient (Wildman–Crippen LogP) is 15.2. The molecule has 6 aromatic carbocycles. The van der Waals surface area contributed by atoms with Gasteiger partial charge in [0.05, 0.1) is 19.3 Å². The van der Waals surface area contributed by atoms with Crippen LogP contribution in [0.3, 0.4) is 0 Å². The van der Waals surface area contributed by atoms with Crippen molar-refractivity contribution in [1.82, 2.24) is 0 Å². The van der Waals surface area contributed by atoms with Crippen molar-refractivity contribution in [1.29, 1.82) is 0 Å². The van der Waals surface area contributed by atoms with Gasteiger partial charge in [0.1, 0.15) is 34.9 Å². The third-order valence-corrected chi connectivity index (χ3v) is 10.4. The number of rotatable bonds is 0. The molecule has 0 N–H and O–H groups in total. The number of hydrogen-bond acceptors (Lipinski definition) is 3. The van der Waals surface area contributed by atoms with Gasteiger partial charge in [0.25, 0.3) is 0 Å². The van der Waals surface area contributed by atoms with Crippen LogP contribution < -0.4 is 0 Å². The van der Waals surface area contributed by atoms with E-state index < -0.39 is 23.3 Å². The standard InChI is InChI=1S/C12H10F2.C12H11F.C8H8F2.C8H9F.C7H14O.C6H12O2/c1-7-3-4-10-9(5-7)6-11(13)8(2)12(10)14;1-8-3-6-11-10(7-8)5-4-9(2)12(11)13;1-5-3-7(9)6(2)8(10)4-5;1-6-3-4-7(2)8(9)5-6;1-6-3-4-7(2)8-5-6;1-5-3-7-6(2)8-4-5/h3-6H,1-2H3;3-7H,1-2H3;3-4H,1-2H3;3-5H,1-2H3;6-7H,3-5H2,1-2H3;5-6H,3-4H2,1-2H3. The Morgan fingerprint density at radius 3 is 1.37 bits per heavy atom. The average Bonchev–Trinajstić information content (AvgIpc) is 3.22. The van der Waals surface area contributed by atoms with Gasteiger partial charge in [-0.05, 0) is 145 Å². The third-order valence-electron chi connectivity index (χ3n) is 10.4. The number of benzene rings is 6. The van der Waals surface area contributed by atoms with E-state index in [0.717, 1.165) is 47.8 Å². The molecule has 2 fully saturated rings. The normalized spacial score (nSPS) is 18.0. The van der Waals surface area contributed by atoms with Gasteiger partial charge in [0.15, 0.2) is 6.29 Å². The van der Waals surface area contributed by atoms with Gasteiger partial charge in [-0.3, -0.25) is 0 Å². The van der Waals surface area contributed by atoms with Crippen LogP contribution in [-0.2, 0) is 14.2 Å². The summed E-state index contributed by atoms with van der Waals surface area (Å²) in [5.41, 5.74) is 5.33. The van der Waals surface area contributed by atoms with E-state index in [-0.39, 0.29) is 29.1 Å². The highest BCUT2D eigenvalue weighted by molar-refractivity contribution is 5.85. The lowest BCUT2D eigenvalue weighted by molar-refractivity contribution is -0.187. The molecule has 3 nitrogen and oxygen atoms in total. The lowest BCUT2D eigenvalue weighted by Crippen LogP contribution is -2.27. The van der Waals surface area contributed by atoms with E-state index in [1.54, 1.807) is 39.0 Å². The molecule has 2 saturated heterocycles. The van der Waals surface area contributed by atoms with Crippen molar-refractivity contribution in [2.24, 2.45) is 11.8 Å². The van der Waals surface area contributed by atoms with Crippen LogP contribution in [-0.4, -0.2) is 32.2 Å². The molecule has 0 amide bonds. The van der Waals surface area contributed by atoms with Crippen molar-refractivity contribution in [3.63, 3.8) is 0 Å². The highest BCUT2D eigenvalue weighted by Gasteiger charge is 2.15. The summed E-state index contributed by atoms with van der Waals surface area (Å²) in [6.07, 6.45) is 3.14. The molecule has 6 aromatic rings. The van der Waals surface area contributed by atoms with Crippen LogP contribution in [0.2, 0.25) is 0 Å². The Morgan fingerprint density at radius 2 is 0.871 bits per heavy atom. The summed E-state index contributed by atoms with van der Waals surface area (Å²) >= 11 is 0. The minimum atomic E-state index is -0.486. The van der Waals surface area contributed by atoms with Gasteiger partial charge in [-0.1, -0.05) is 85.6 Å². The zero-order valence-corrected chi connectivity index (χ0v) is 38.4. The van der Waals surface area contributed by atoms with Crippen LogP contribution in [0.1, 0.15) is 85.0 Å². The minimum absolute atomic E-state index is 0.0196. The number of halogens is 6. The first-order chi connectivity index (χ1) is 29.2. The molecule has 0 aromatic heterocycles. The SMILES string of the molecule is CC1CCC(C)OC1.CC1COC(C)OC1.Cc1cc(F)c(C)c(F)c1.Cc1ccc(C)c(F)c1.Cc1ccc2c(F)c(C)c(F)cc2c1.Cc1ccc2c(F)c(C)ccc2c1. The van der Waals surface area contributed by atoms with Gasteiger partial charge in [-0.15, -0.1) is 0 Å². The Morgan fingerprint density at radius 1 is 0.403 bits per heavy atom. The molecule has 2 aliphatic rings. The lowest BCUT2D eigenvalue weighted by atomic mass is 10.0. The highest BCUT2D eigenvalue weighted by atomic mass is 19.2. The molecule has 0 radical (unpaired) electrons. The Bertz CT molecular complexity index is 2280. The van der Waals surface area contributed by atoms with Crippen molar-refractivity contribution in [2.45, 2.75) is 108 Å². The predicted molar refractivity (Wildman–Crippen MR) is 243 cm³/mol. The van der Waals surface area contributed by atoms with E-state index in [1.807, 2.05) is 70.2 Å². The first-order valence-corrected chi connectivity index (χ1v) is 21.2. The summed E-state index contributed by atoms with van der Waals surface area (Å²) in [5, 5.41) is 2.79. The van der Waals surface area contributed by atoms with E-state index in [2.05, 4.69) is 20.8 Å². The highest BCUT2D eigenvalue weighted by Crippen LogP contribution is 2.25. The van der Waals surface area contributed by atoms with Crippen LogP contribution in [0.4, 0.5) is 26.3 Å². The summed E-state index contributed by atoms with van der Waals surface area (Å²) in [4.78, 5) is 0. The fourth-order valence-electron chi connectivity index (χ4n) is 6.25. The summed E-state index contributed by atoms with van der Waals surface area (Å²) in [6, 6.07) is 24.1. The van der Waals surface area contributed by atoms with Gasteiger partial charge < -0.3 is 14.2 Å². The van der Waals surface area contributed by atoms with E-state index >= 15 is 0 Å². The maximum atomic E-state index is 13.6. The van der Waals surface area contributed by atoms with Gasteiger partial charge in [-0.25, -0.2) is 26.3 Å². The van der Waals surface area contributed by atoms with Gasteiger partial charge >= 0.3 is 0 Å². The number of aryl methyl sites for hydroxylation is 6. The Hall–Kier alpha value is -4.70. The maximum absolute atomic E-state index is 13.6. The largest absolute Gasteiger partial charge is 0.378 e. The van der Waals surface area contributed by atoms with Crippen LogP contribution in [0.15, 0.2) is 84.9 Å². The van der Waals surface area contributed by atoms with E-state index in [1.165, 1.54) is 51.0 Å². The van der Waals surface area contributed by atoms with Crippen molar-refractivity contribution in [2.75, 3.05) is 19.8 Å². The fraction of sp³-hybridized carbons (Fsp3) is 0.396. The van der Waals surface area contributed by atoms with Crippen molar-refractivity contribution in [3.8, 4) is 0 Å². The molecule has 2 heterocycles. The molecule has 2 aliphatic heterocycles. The molecular formula is C53H64F6O3. The molecule has 8 rings (SSSR count). The molecule has 0 spiro atoms. The number of ether oxygens (including phenoxy) is 3. The van der Waals surface area contributed by atoms with Gasteiger partial charge in [0.2, 0.25) is 0 Å². The van der Waals surface area contributed by atoms with Crippen LogP contribution >= 0.6 is 0 Å². The van der Waals surface area contributed by atoms with Crippen LogP contribution in [0, 0.1) is 102 Å². The molecule has 2 unspecified atom stereocenters. The third kappa shape index (κ3) is 16.5. The molecule has 0 saturated carbocycles.